The van der Waals surface area contributed by atoms with Gasteiger partial charge in [-0.05, 0) is 23.8 Å². The predicted molar refractivity (Wildman–Crippen MR) is 113 cm³/mol. The summed E-state index contributed by atoms with van der Waals surface area (Å²) in [5.41, 5.74) is 4.66. The Morgan fingerprint density at radius 2 is 1.76 bits per heavy atom. The van der Waals surface area contributed by atoms with Gasteiger partial charge in [-0.2, -0.15) is 5.10 Å². The summed E-state index contributed by atoms with van der Waals surface area (Å²) in [5.74, 6) is 1.59. The third-order valence-electron chi connectivity index (χ3n) is 4.92. The molecule has 0 aromatic heterocycles. The number of rotatable bonds is 8. The maximum Gasteiger partial charge on any atom is 0.254 e. The highest BCUT2D eigenvalue weighted by atomic mass is 16.5. The minimum Gasteiger partial charge on any atom is -0.497 e. The summed E-state index contributed by atoms with van der Waals surface area (Å²) in [6, 6.07) is 15.5. The predicted octanol–water partition coefficient (Wildman–Crippen LogP) is 1.97. The summed E-state index contributed by atoms with van der Waals surface area (Å²) in [4.78, 5) is 16.6. The molecule has 1 fully saturated rings. The number of hydrogen-bond donors (Lipinski definition) is 1. The number of hydrogen-bond acceptors (Lipinski definition) is 6. The molecule has 2 aromatic carbocycles. The first-order valence-electron chi connectivity index (χ1n) is 9.70. The number of nitrogens with zero attached hydrogens (tertiary/aromatic N) is 3. The molecule has 0 atom stereocenters. The molecule has 3 rings (SSSR count). The molecule has 1 heterocycles. The van der Waals surface area contributed by atoms with Crippen molar-refractivity contribution in [1.82, 2.24) is 15.2 Å². The van der Waals surface area contributed by atoms with Crippen LogP contribution in [0.25, 0.3) is 0 Å². The van der Waals surface area contributed by atoms with E-state index >= 15 is 0 Å². The number of nitrogens with one attached hydrogen (secondary N) is 1. The molecule has 1 N–H and O–H groups in total. The molecule has 0 bridgehead atoms. The van der Waals surface area contributed by atoms with E-state index in [2.05, 4.69) is 20.3 Å². The van der Waals surface area contributed by atoms with Crippen LogP contribution in [0.4, 0.5) is 0 Å². The summed E-state index contributed by atoms with van der Waals surface area (Å²) in [6.45, 7) is 4.59. The van der Waals surface area contributed by atoms with Crippen molar-refractivity contribution in [1.29, 1.82) is 0 Å². The fourth-order valence-corrected chi connectivity index (χ4v) is 3.31. The highest BCUT2D eigenvalue weighted by Gasteiger charge is 2.20. The Kier molecular flexibility index (Phi) is 7.61. The summed E-state index contributed by atoms with van der Waals surface area (Å²) in [6.07, 6.45) is 1.65. The third-order valence-corrected chi connectivity index (χ3v) is 4.92. The molecular formula is C22H28N4O3. The smallest absolute Gasteiger partial charge is 0.254 e. The maximum atomic E-state index is 12.1. The monoisotopic (exact) mass is 396 g/mol. The van der Waals surface area contributed by atoms with Crippen LogP contribution in [0.2, 0.25) is 0 Å². The number of carbonyl (C=O) groups is 1. The minimum atomic E-state index is -0.0971. The van der Waals surface area contributed by atoms with Crippen LogP contribution >= 0.6 is 0 Å². The SMILES string of the molecule is COc1ccc(OC)c(CN2CCN(CC(=O)N/N=C/c3ccccc3)CC2)c1. The van der Waals surface area contributed by atoms with E-state index in [0.29, 0.717) is 6.54 Å². The Bertz CT molecular complexity index is 818. The highest BCUT2D eigenvalue weighted by Crippen LogP contribution is 2.25. The van der Waals surface area contributed by atoms with E-state index in [-0.39, 0.29) is 5.91 Å². The molecule has 29 heavy (non-hydrogen) atoms. The molecule has 7 nitrogen and oxygen atoms in total. The molecule has 0 aliphatic carbocycles. The quantitative estimate of drug-likeness (QED) is 0.546. The Balaban J connectivity index is 1.43. The lowest BCUT2D eigenvalue weighted by atomic mass is 10.1. The molecule has 0 radical (unpaired) electrons. The van der Waals surface area contributed by atoms with Gasteiger partial charge >= 0.3 is 0 Å². The second-order valence-corrected chi connectivity index (χ2v) is 6.93. The van der Waals surface area contributed by atoms with Gasteiger partial charge in [0.05, 0.1) is 27.0 Å². The van der Waals surface area contributed by atoms with Gasteiger partial charge in [0, 0.05) is 38.3 Å². The van der Waals surface area contributed by atoms with E-state index in [1.54, 1.807) is 20.4 Å². The van der Waals surface area contributed by atoms with Gasteiger partial charge in [0.25, 0.3) is 5.91 Å². The topological polar surface area (TPSA) is 66.4 Å². The van der Waals surface area contributed by atoms with Crippen LogP contribution in [-0.4, -0.2) is 68.9 Å². The van der Waals surface area contributed by atoms with Crippen LogP contribution in [0.1, 0.15) is 11.1 Å². The molecule has 1 saturated heterocycles. The zero-order valence-corrected chi connectivity index (χ0v) is 17.0. The maximum absolute atomic E-state index is 12.1. The summed E-state index contributed by atoms with van der Waals surface area (Å²) in [7, 11) is 3.35. The number of hydrazone groups is 1. The lowest BCUT2D eigenvalue weighted by molar-refractivity contribution is -0.122. The number of ether oxygens (including phenoxy) is 2. The average molecular weight is 396 g/mol. The molecule has 1 amide bonds. The lowest BCUT2D eigenvalue weighted by Crippen LogP contribution is -2.48. The van der Waals surface area contributed by atoms with E-state index in [1.807, 2.05) is 48.5 Å². The molecule has 0 saturated carbocycles. The lowest BCUT2D eigenvalue weighted by Gasteiger charge is -2.34. The van der Waals surface area contributed by atoms with Gasteiger partial charge in [-0.3, -0.25) is 14.6 Å². The summed E-state index contributed by atoms with van der Waals surface area (Å²) in [5, 5.41) is 4.03. The van der Waals surface area contributed by atoms with E-state index < -0.39 is 0 Å². The first kappa shape index (κ1) is 20.8. The largest absolute Gasteiger partial charge is 0.497 e. The van der Waals surface area contributed by atoms with E-state index in [4.69, 9.17) is 9.47 Å². The van der Waals surface area contributed by atoms with Gasteiger partial charge in [0.2, 0.25) is 0 Å². The van der Waals surface area contributed by atoms with Gasteiger partial charge in [-0.1, -0.05) is 30.3 Å². The Morgan fingerprint density at radius 1 is 1.03 bits per heavy atom. The number of amides is 1. The Labute approximate surface area is 171 Å². The standard InChI is InChI=1S/C22H28N4O3/c1-28-20-8-9-21(29-2)19(14-20)16-25-10-12-26(13-11-25)17-22(27)24-23-15-18-6-4-3-5-7-18/h3-9,14-15H,10-13,16-17H2,1-2H3,(H,24,27)/b23-15+. The van der Waals surface area contributed by atoms with E-state index in [0.717, 1.165) is 55.3 Å². The normalized spacial score (nSPS) is 15.4. The van der Waals surface area contributed by atoms with Crippen LogP contribution in [0.3, 0.4) is 0 Å². The molecule has 1 aliphatic heterocycles. The first-order valence-corrected chi connectivity index (χ1v) is 9.70. The van der Waals surface area contributed by atoms with Crippen molar-refractivity contribution in [3.63, 3.8) is 0 Å². The zero-order chi connectivity index (χ0) is 20.5. The number of carbonyl (C=O) groups excluding carboxylic acids is 1. The Morgan fingerprint density at radius 3 is 2.45 bits per heavy atom. The second-order valence-electron chi connectivity index (χ2n) is 6.93. The molecular weight excluding hydrogens is 368 g/mol. The van der Waals surface area contributed by atoms with Crippen LogP contribution < -0.4 is 14.9 Å². The van der Waals surface area contributed by atoms with Crippen molar-refractivity contribution in [2.75, 3.05) is 46.9 Å². The molecule has 0 unspecified atom stereocenters. The molecule has 154 valence electrons. The Hall–Kier alpha value is -2.90. The molecule has 0 spiro atoms. The minimum absolute atomic E-state index is 0.0971. The van der Waals surface area contributed by atoms with Gasteiger partial charge in [-0.15, -0.1) is 0 Å². The molecule has 1 aliphatic rings. The van der Waals surface area contributed by atoms with Crippen molar-refractivity contribution in [3.05, 3.63) is 59.7 Å². The highest BCUT2D eigenvalue weighted by molar-refractivity contribution is 5.83. The van der Waals surface area contributed by atoms with E-state index in [1.165, 1.54) is 0 Å². The number of benzene rings is 2. The van der Waals surface area contributed by atoms with Gasteiger partial charge < -0.3 is 9.47 Å². The van der Waals surface area contributed by atoms with Crippen LogP contribution in [0, 0.1) is 0 Å². The van der Waals surface area contributed by atoms with Crippen molar-refractivity contribution in [2.24, 2.45) is 5.10 Å². The molecule has 7 heteroatoms. The van der Waals surface area contributed by atoms with Crippen molar-refractivity contribution in [2.45, 2.75) is 6.54 Å². The van der Waals surface area contributed by atoms with Gasteiger partial charge in [0.1, 0.15) is 11.5 Å². The number of piperazine rings is 1. The number of methoxy groups -OCH3 is 2. The fraction of sp³-hybridized carbons (Fsp3) is 0.364. The van der Waals surface area contributed by atoms with Gasteiger partial charge in [0.15, 0.2) is 0 Å². The molecule has 2 aromatic rings. The van der Waals surface area contributed by atoms with Crippen molar-refractivity contribution < 1.29 is 14.3 Å². The second kappa shape index (κ2) is 10.6. The van der Waals surface area contributed by atoms with E-state index in [9.17, 15) is 4.79 Å². The van der Waals surface area contributed by atoms with Crippen molar-refractivity contribution >= 4 is 12.1 Å². The zero-order valence-electron chi connectivity index (χ0n) is 17.0. The fourth-order valence-electron chi connectivity index (χ4n) is 3.31. The summed E-state index contributed by atoms with van der Waals surface area (Å²) < 4.78 is 10.8. The summed E-state index contributed by atoms with van der Waals surface area (Å²) >= 11 is 0. The average Bonchev–Trinajstić information content (AvgIpc) is 2.76. The van der Waals surface area contributed by atoms with Gasteiger partial charge in [-0.25, -0.2) is 5.43 Å². The third kappa shape index (κ3) is 6.30. The van der Waals surface area contributed by atoms with Crippen LogP contribution in [-0.2, 0) is 11.3 Å². The first-order chi connectivity index (χ1) is 14.2. The van der Waals surface area contributed by atoms with Crippen LogP contribution in [0.5, 0.6) is 11.5 Å². The van der Waals surface area contributed by atoms with Crippen molar-refractivity contribution in [3.8, 4) is 11.5 Å². The van der Waals surface area contributed by atoms with Crippen LogP contribution in [0.15, 0.2) is 53.6 Å².